The molecule has 4 aromatic rings. The average molecular weight is 667 g/mol. The first-order valence-corrected chi connectivity index (χ1v) is 19.4. The molecule has 0 radical (unpaired) electrons. The van der Waals surface area contributed by atoms with E-state index in [2.05, 4.69) is 10.3 Å². The van der Waals surface area contributed by atoms with Crippen molar-refractivity contribution >= 4 is 43.0 Å². The maximum absolute atomic E-state index is 16.4. The largest absolute Gasteiger partial charge is 0.396 e. The van der Waals surface area contributed by atoms with E-state index in [0.717, 1.165) is 11.3 Å². The molecule has 48 heavy (non-hydrogen) atoms. The lowest BCUT2D eigenvalue weighted by molar-refractivity contribution is -0.145. The number of carbonyl (C=O) groups excluding carboxylic acids is 2. The van der Waals surface area contributed by atoms with E-state index in [1.54, 1.807) is 28.9 Å². The Balaban J connectivity index is 1.32. The van der Waals surface area contributed by atoms with Gasteiger partial charge in [0, 0.05) is 61.3 Å². The van der Waals surface area contributed by atoms with Crippen molar-refractivity contribution in [3.05, 3.63) is 102 Å². The third kappa shape index (κ3) is 5.47. The van der Waals surface area contributed by atoms with Gasteiger partial charge in [-0.1, -0.05) is 60.7 Å². The van der Waals surface area contributed by atoms with Crippen molar-refractivity contribution in [2.45, 2.75) is 69.5 Å². The number of aromatic nitrogens is 3. The number of aliphatic hydroxyl groups excluding tert-OH is 1. The van der Waals surface area contributed by atoms with Crippen LogP contribution in [0.25, 0.3) is 0 Å². The van der Waals surface area contributed by atoms with E-state index < -0.39 is 31.6 Å². The molecule has 0 bridgehead atoms. The first kappa shape index (κ1) is 32.0. The zero-order valence-corrected chi connectivity index (χ0v) is 28.3. The highest BCUT2D eigenvalue weighted by molar-refractivity contribution is 6.72. The Hall–Kier alpha value is -4.52. The van der Waals surface area contributed by atoms with Gasteiger partial charge in [-0.05, 0) is 55.4 Å². The lowest BCUT2D eigenvalue weighted by Gasteiger charge is -2.31. The fourth-order valence-electron chi connectivity index (χ4n) is 7.72. The van der Waals surface area contributed by atoms with Gasteiger partial charge in [0.2, 0.25) is 14.3 Å². The summed E-state index contributed by atoms with van der Waals surface area (Å²) < 4.78 is 25.0. The van der Waals surface area contributed by atoms with E-state index in [-0.39, 0.29) is 18.4 Å². The molecule has 4 heterocycles. The van der Waals surface area contributed by atoms with Crippen LogP contribution in [-0.4, -0.2) is 58.7 Å². The predicted octanol–water partition coefficient (Wildman–Crippen LogP) is 5.89. The quantitative estimate of drug-likeness (QED) is 0.176. The number of aryl methyl sites for hydroxylation is 1. The Bertz CT molecular complexity index is 1860. The normalized spacial score (nSPS) is 24.0. The van der Waals surface area contributed by atoms with E-state index in [4.69, 9.17) is 9.84 Å². The monoisotopic (exact) mass is 666 g/mol. The number of fused-ring (bicyclic) bond motifs is 2. The van der Waals surface area contributed by atoms with Gasteiger partial charge in [-0.15, -0.1) is 5.10 Å². The van der Waals surface area contributed by atoms with Crippen molar-refractivity contribution in [3.63, 3.8) is 0 Å². The molecule has 10 nitrogen and oxygen atoms in total. The zero-order valence-electron chi connectivity index (χ0n) is 27.3. The summed E-state index contributed by atoms with van der Waals surface area (Å²) in [4.78, 5) is 29.9. The average Bonchev–Trinajstić information content (AvgIpc) is 3.73. The summed E-state index contributed by atoms with van der Waals surface area (Å²) in [5.41, 5.74) is 2.88. The maximum Gasteiger partial charge on any atom is 0.268 e. The van der Waals surface area contributed by atoms with Gasteiger partial charge in [0.05, 0.1) is 28.9 Å². The number of hydrogen-bond acceptors (Lipinski definition) is 7. The summed E-state index contributed by atoms with van der Waals surface area (Å²) in [6.45, 7) is 5.66. The maximum atomic E-state index is 16.4. The lowest BCUT2D eigenvalue weighted by Crippen LogP contribution is -2.44. The third-order valence-corrected chi connectivity index (χ3v) is 12.3. The second-order valence-electron chi connectivity index (χ2n) is 13.3. The number of hydrazone groups is 1. The van der Waals surface area contributed by atoms with Crippen molar-refractivity contribution in [1.82, 2.24) is 15.0 Å². The minimum absolute atomic E-state index is 0.0303. The van der Waals surface area contributed by atoms with E-state index in [9.17, 15) is 14.7 Å². The molecular formula is C36H39FN6O4Si. The van der Waals surface area contributed by atoms with Crippen LogP contribution < -0.4 is 9.91 Å². The Labute approximate surface area is 280 Å². The van der Waals surface area contributed by atoms with Crippen LogP contribution in [0, 0.1) is 5.92 Å². The van der Waals surface area contributed by atoms with Crippen LogP contribution in [0.15, 0.2) is 90.2 Å². The van der Waals surface area contributed by atoms with E-state index >= 15 is 4.11 Å². The molecule has 0 saturated carbocycles. The van der Waals surface area contributed by atoms with Gasteiger partial charge in [0.15, 0.2) is 5.60 Å². The summed E-state index contributed by atoms with van der Waals surface area (Å²) in [5, 5.41) is 23.8. The van der Waals surface area contributed by atoms with Gasteiger partial charge in [-0.2, -0.15) is 5.10 Å². The number of anilines is 3. The molecular weight excluding hydrogens is 628 g/mol. The summed E-state index contributed by atoms with van der Waals surface area (Å²) in [6.07, 6.45) is 2.84. The third-order valence-electron chi connectivity index (χ3n) is 9.85. The highest BCUT2D eigenvalue weighted by Crippen LogP contribution is 2.61. The Kier molecular flexibility index (Phi) is 8.34. The number of rotatable bonds is 9. The minimum atomic E-state index is -3.41. The molecule has 0 aliphatic carbocycles. The van der Waals surface area contributed by atoms with Crippen LogP contribution >= 0.6 is 0 Å². The van der Waals surface area contributed by atoms with Crippen LogP contribution in [0.4, 0.5) is 21.2 Å². The molecule has 3 aromatic carbocycles. The smallest absolute Gasteiger partial charge is 0.268 e. The standard InChI is InChI=1S/C36H39FN6O4Si/c1-24-34(48(2,3)37)32(18-20-41-23-26(19-21-44)38-40-41)47-36(24)29-22-28(14-16-31(29)42(35(36)46)27-12-8-5-9-13-27)43-33(45)17-15-30(39-43)25-10-6-4-7-11-25/h4-14,16,22-24,32,34,44H,15,17-21H2,1-3H3/t24-,32+,34-,36+/m0/s1. The van der Waals surface area contributed by atoms with Crippen molar-refractivity contribution in [2.75, 3.05) is 16.5 Å². The summed E-state index contributed by atoms with van der Waals surface area (Å²) in [5.74, 6) is -0.927. The number of halogens is 1. The molecule has 1 fully saturated rings. The van der Waals surface area contributed by atoms with Crippen molar-refractivity contribution in [1.29, 1.82) is 0 Å². The topological polar surface area (TPSA) is 113 Å². The number of para-hydroxylation sites is 1. The molecule has 2 amide bonds. The molecule has 1 N–H and O–H groups in total. The second kappa shape index (κ2) is 12.5. The molecule has 1 spiro atoms. The van der Waals surface area contributed by atoms with Gasteiger partial charge in [0.25, 0.3) is 5.91 Å². The van der Waals surface area contributed by atoms with Crippen LogP contribution in [-0.2, 0) is 32.9 Å². The predicted molar refractivity (Wildman–Crippen MR) is 183 cm³/mol. The van der Waals surface area contributed by atoms with Gasteiger partial charge < -0.3 is 14.0 Å². The first-order valence-electron chi connectivity index (χ1n) is 16.5. The molecule has 3 aliphatic heterocycles. The molecule has 3 aliphatic rings. The van der Waals surface area contributed by atoms with Crippen molar-refractivity contribution in [3.8, 4) is 0 Å². The van der Waals surface area contributed by atoms with Crippen molar-refractivity contribution < 1.29 is 23.5 Å². The van der Waals surface area contributed by atoms with Gasteiger partial charge in [0.1, 0.15) is 0 Å². The number of nitrogens with zero attached hydrogens (tertiary/aromatic N) is 6. The first-order chi connectivity index (χ1) is 23.1. The molecule has 248 valence electrons. The van der Waals surface area contributed by atoms with Crippen LogP contribution in [0.1, 0.15) is 43.0 Å². The fraction of sp³-hybridized carbons (Fsp3) is 0.361. The van der Waals surface area contributed by atoms with E-state index in [1.807, 2.05) is 85.8 Å². The van der Waals surface area contributed by atoms with Gasteiger partial charge >= 0.3 is 0 Å². The van der Waals surface area contributed by atoms with Crippen molar-refractivity contribution in [2.24, 2.45) is 11.0 Å². The van der Waals surface area contributed by atoms with Crippen LogP contribution in [0.3, 0.4) is 0 Å². The number of amides is 2. The summed E-state index contributed by atoms with van der Waals surface area (Å²) in [7, 11) is -3.41. The fourth-order valence-corrected chi connectivity index (χ4v) is 10.3. The highest BCUT2D eigenvalue weighted by atomic mass is 28.4. The summed E-state index contributed by atoms with van der Waals surface area (Å²) in [6, 6.07) is 24.7. The summed E-state index contributed by atoms with van der Waals surface area (Å²) >= 11 is 0. The highest BCUT2D eigenvalue weighted by Gasteiger charge is 2.67. The second-order valence-corrected chi connectivity index (χ2v) is 17.1. The number of aliphatic hydroxyl groups is 1. The van der Waals surface area contributed by atoms with Crippen LogP contribution in [0.5, 0.6) is 0 Å². The molecule has 0 unspecified atom stereocenters. The van der Waals surface area contributed by atoms with E-state index in [0.29, 0.717) is 60.5 Å². The van der Waals surface area contributed by atoms with Gasteiger partial charge in [-0.25, -0.2) is 5.01 Å². The number of ether oxygens (including phenoxy) is 1. The minimum Gasteiger partial charge on any atom is -0.396 e. The Morgan fingerprint density at radius 2 is 1.73 bits per heavy atom. The molecule has 12 heteroatoms. The molecule has 7 rings (SSSR count). The van der Waals surface area contributed by atoms with Gasteiger partial charge in [-0.3, -0.25) is 19.2 Å². The SMILES string of the molecule is C[C@H]1[C@H]([Si](C)(C)F)[C@@H](CCn2cc(CCO)nn2)O[C@]12C(=O)N(c1ccccc1)c1ccc(N3N=C(c4ccccc4)CCC3=O)cc12. The lowest BCUT2D eigenvalue weighted by atomic mass is 9.82. The molecule has 1 aromatic heterocycles. The molecule has 4 atom stereocenters. The molecule has 1 saturated heterocycles. The number of carbonyl (C=O) groups is 2. The number of hydrogen-bond donors (Lipinski definition) is 1. The van der Waals surface area contributed by atoms with Crippen LogP contribution in [0.2, 0.25) is 18.6 Å². The number of benzene rings is 3. The zero-order chi connectivity index (χ0) is 33.6. The van der Waals surface area contributed by atoms with E-state index in [1.165, 1.54) is 5.01 Å². The Morgan fingerprint density at radius 1 is 1.00 bits per heavy atom. The Morgan fingerprint density at radius 3 is 2.44 bits per heavy atom.